The third-order valence-electron chi connectivity index (χ3n) is 7.78. The second-order valence-corrected chi connectivity index (χ2v) is 15.1. The van der Waals surface area contributed by atoms with Crippen molar-refractivity contribution in [2.24, 2.45) is 17.8 Å². The van der Waals surface area contributed by atoms with Gasteiger partial charge in [-0.1, -0.05) is 93.1 Å². The molecule has 1 unspecified atom stereocenters. The Morgan fingerprint density at radius 1 is 1.00 bits per heavy atom. The van der Waals surface area contributed by atoms with Crippen LogP contribution in [0.1, 0.15) is 34.1 Å². The predicted octanol–water partition coefficient (Wildman–Crippen LogP) is 4.09. The van der Waals surface area contributed by atoms with Crippen molar-refractivity contribution >= 4 is 24.7 Å². The first-order valence-electron chi connectivity index (χ1n) is 12.1. The van der Waals surface area contributed by atoms with Crippen LogP contribution in [0.4, 0.5) is 0 Å². The van der Waals surface area contributed by atoms with E-state index in [-0.39, 0.29) is 41.0 Å². The fraction of sp³-hybridized carbons (Fsp3) is 0.464. The van der Waals surface area contributed by atoms with Crippen LogP contribution in [0.15, 0.2) is 72.3 Å². The zero-order valence-corrected chi connectivity index (χ0v) is 21.0. The highest BCUT2D eigenvalue weighted by Gasteiger charge is 2.54. The van der Waals surface area contributed by atoms with Gasteiger partial charge in [0.05, 0.1) is 13.0 Å². The third-order valence-corrected chi connectivity index (χ3v) is 12.8. The number of carbonyl (C=O) groups is 1. The van der Waals surface area contributed by atoms with Gasteiger partial charge >= 0.3 is 5.97 Å². The SMILES string of the molecule is CC1=C[C@@H](CO[Si](c2ccccc2)(c2ccccc2)C(C)(C)C)[C@H]2CO[C@@H]3CC(=O)O[C@@H]3C12. The van der Waals surface area contributed by atoms with Crippen LogP contribution in [0.25, 0.3) is 0 Å². The Balaban J connectivity index is 1.47. The van der Waals surface area contributed by atoms with Gasteiger partial charge < -0.3 is 13.9 Å². The molecule has 174 valence electrons. The minimum absolute atomic E-state index is 0.0540. The third kappa shape index (κ3) is 3.80. The molecule has 0 aromatic heterocycles. The molecule has 2 saturated heterocycles. The molecule has 4 nitrogen and oxygen atoms in total. The summed E-state index contributed by atoms with van der Waals surface area (Å²) >= 11 is 0. The van der Waals surface area contributed by atoms with E-state index < -0.39 is 8.32 Å². The average Bonchev–Trinajstić information content (AvgIpc) is 3.33. The molecule has 2 fully saturated rings. The van der Waals surface area contributed by atoms with Crippen LogP contribution in [-0.4, -0.2) is 39.7 Å². The number of rotatable bonds is 5. The molecule has 5 atom stereocenters. The van der Waals surface area contributed by atoms with E-state index in [1.165, 1.54) is 15.9 Å². The van der Waals surface area contributed by atoms with Crippen molar-refractivity contribution in [2.45, 2.75) is 51.4 Å². The van der Waals surface area contributed by atoms with Crippen molar-refractivity contribution in [1.82, 2.24) is 0 Å². The fourth-order valence-electron chi connectivity index (χ4n) is 6.31. The summed E-state index contributed by atoms with van der Waals surface area (Å²) < 4.78 is 19.0. The van der Waals surface area contributed by atoms with Gasteiger partial charge in [0.25, 0.3) is 8.32 Å². The predicted molar refractivity (Wildman–Crippen MR) is 132 cm³/mol. The molecule has 0 spiro atoms. The Bertz CT molecular complexity index is 987. The minimum atomic E-state index is -2.59. The molecule has 2 aliphatic heterocycles. The van der Waals surface area contributed by atoms with Gasteiger partial charge in [-0.15, -0.1) is 0 Å². The van der Waals surface area contributed by atoms with Crippen molar-refractivity contribution in [3.63, 3.8) is 0 Å². The van der Waals surface area contributed by atoms with E-state index >= 15 is 0 Å². The van der Waals surface area contributed by atoms with E-state index in [0.717, 1.165) is 0 Å². The summed E-state index contributed by atoms with van der Waals surface area (Å²) in [5.74, 6) is 0.640. The zero-order chi connectivity index (χ0) is 23.2. The van der Waals surface area contributed by atoms with Gasteiger partial charge in [-0.2, -0.15) is 0 Å². The van der Waals surface area contributed by atoms with Gasteiger partial charge in [0.1, 0.15) is 12.2 Å². The molecule has 2 aromatic carbocycles. The molecule has 2 heterocycles. The number of carbonyl (C=O) groups excluding carboxylic acids is 1. The minimum Gasteiger partial charge on any atom is -0.459 e. The lowest BCUT2D eigenvalue weighted by molar-refractivity contribution is -0.149. The summed E-state index contributed by atoms with van der Waals surface area (Å²) in [7, 11) is -2.59. The Morgan fingerprint density at radius 2 is 1.61 bits per heavy atom. The normalized spacial score (nSPS) is 29.3. The largest absolute Gasteiger partial charge is 0.459 e. The van der Waals surface area contributed by atoms with E-state index in [2.05, 4.69) is 94.4 Å². The molecule has 0 saturated carbocycles. The second-order valence-electron chi connectivity index (χ2n) is 10.8. The standard InChI is InChI=1S/C28H34O4Si/c1-19-15-20(23-18-30-24-16-25(29)32-27(24)26(19)23)17-31-33(28(2,3)4,21-11-7-5-8-12-21)22-13-9-6-10-14-22/h5-15,20,23-24,26-27H,16-18H2,1-4H3/t20-,23+,24+,26?,27-/m0/s1. The molecule has 0 amide bonds. The highest BCUT2D eigenvalue weighted by atomic mass is 28.4. The lowest BCUT2D eigenvalue weighted by Crippen LogP contribution is -2.67. The van der Waals surface area contributed by atoms with Crippen molar-refractivity contribution in [3.8, 4) is 0 Å². The van der Waals surface area contributed by atoms with Gasteiger partial charge in [-0.3, -0.25) is 4.79 Å². The topological polar surface area (TPSA) is 44.8 Å². The first kappa shape index (κ1) is 22.6. The van der Waals surface area contributed by atoms with Gasteiger partial charge in [0, 0.05) is 24.4 Å². The quantitative estimate of drug-likeness (QED) is 0.382. The van der Waals surface area contributed by atoms with Gasteiger partial charge in [0.15, 0.2) is 0 Å². The number of ether oxygens (including phenoxy) is 2. The molecule has 0 radical (unpaired) electrons. The number of fused-ring (bicyclic) bond motifs is 3. The first-order valence-corrected chi connectivity index (χ1v) is 14.0. The van der Waals surface area contributed by atoms with Crippen LogP contribution in [0, 0.1) is 17.8 Å². The van der Waals surface area contributed by atoms with E-state index in [9.17, 15) is 4.79 Å². The van der Waals surface area contributed by atoms with Crippen LogP contribution in [0.5, 0.6) is 0 Å². The molecule has 5 heteroatoms. The van der Waals surface area contributed by atoms with Gasteiger partial charge in [-0.25, -0.2) is 0 Å². The zero-order valence-electron chi connectivity index (χ0n) is 20.0. The van der Waals surface area contributed by atoms with Crippen molar-refractivity contribution in [2.75, 3.05) is 13.2 Å². The summed E-state index contributed by atoms with van der Waals surface area (Å²) in [5, 5.41) is 2.54. The smallest absolute Gasteiger partial charge is 0.308 e. The van der Waals surface area contributed by atoms with E-state index in [1.807, 2.05) is 0 Å². The van der Waals surface area contributed by atoms with Crippen molar-refractivity contribution < 1.29 is 18.7 Å². The average molecular weight is 463 g/mol. The Hall–Kier alpha value is -2.21. The number of esters is 1. The maximum absolute atomic E-state index is 11.9. The molecule has 0 N–H and O–H groups in total. The lowest BCUT2D eigenvalue weighted by atomic mass is 9.79. The Morgan fingerprint density at radius 3 is 2.18 bits per heavy atom. The highest BCUT2D eigenvalue weighted by Crippen LogP contribution is 2.47. The molecular formula is C28H34O4Si. The number of benzene rings is 2. The maximum atomic E-state index is 11.9. The molecule has 3 aliphatic rings. The van der Waals surface area contributed by atoms with E-state index in [1.54, 1.807) is 0 Å². The molecule has 33 heavy (non-hydrogen) atoms. The lowest BCUT2D eigenvalue weighted by Gasteiger charge is -2.44. The van der Waals surface area contributed by atoms with E-state index in [4.69, 9.17) is 13.9 Å². The molecule has 1 aliphatic carbocycles. The fourth-order valence-corrected chi connectivity index (χ4v) is 10.9. The molecular weight excluding hydrogens is 428 g/mol. The van der Waals surface area contributed by atoms with Crippen LogP contribution >= 0.6 is 0 Å². The summed E-state index contributed by atoms with van der Waals surface area (Å²) in [5.41, 5.74) is 1.31. The summed E-state index contributed by atoms with van der Waals surface area (Å²) in [6.07, 6.45) is 2.49. The summed E-state index contributed by atoms with van der Waals surface area (Å²) in [6.45, 7) is 10.4. The van der Waals surface area contributed by atoms with Crippen LogP contribution in [0.2, 0.25) is 5.04 Å². The highest BCUT2D eigenvalue weighted by molar-refractivity contribution is 6.99. The maximum Gasteiger partial charge on any atom is 0.308 e. The summed E-state index contributed by atoms with van der Waals surface area (Å²) in [6, 6.07) is 21.5. The number of hydrogen-bond donors (Lipinski definition) is 0. The first-order chi connectivity index (χ1) is 15.8. The summed E-state index contributed by atoms with van der Waals surface area (Å²) in [4.78, 5) is 11.9. The van der Waals surface area contributed by atoms with Crippen LogP contribution in [0.3, 0.4) is 0 Å². The molecule has 5 rings (SSSR count). The Kier molecular flexibility index (Phi) is 5.84. The van der Waals surface area contributed by atoms with E-state index in [0.29, 0.717) is 19.6 Å². The Labute approximate surface area is 198 Å². The molecule has 2 aromatic rings. The van der Waals surface area contributed by atoms with Crippen LogP contribution < -0.4 is 10.4 Å². The van der Waals surface area contributed by atoms with Crippen molar-refractivity contribution in [3.05, 3.63) is 72.3 Å². The molecule has 0 bridgehead atoms. The van der Waals surface area contributed by atoms with Crippen LogP contribution in [-0.2, 0) is 18.7 Å². The van der Waals surface area contributed by atoms with Gasteiger partial charge in [-0.05, 0) is 22.3 Å². The number of hydrogen-bond acceptors (Lipinski definition) is 4. The second kappa shape index (κ2) is 8.53. The van der Waals surface area contributed by atoms with Crippen molar-refractivity contribution in [1.29, 1.82) is 0 Å². The van der Waals surface area contributed by atoms with Gasteiger partial charge in [0.2, 0.25) is 0 Å². The monoisotopic (exact) mass is 462 g/mol.